The number of unbranched alkanes of at least 4 members (excludes halogenated alkanes) is 2. The average molecular weight is 467 g/mol. The largest absolute Gasteiger partial charge is 0.319 e. The van der Waals surface area contributed by atoms with E-state index in [0.717, 1.165) is 35.2 Å². The van der Waals surface area contributed by atoms with Crippen LogP contribution >= 0.6 is 23.2 Å². The molecule has 1 amide bonds. The number of nitrogens with one attached hydrogen (secondary N) is 1. The van der Waals surface area contributed by atoms with Gasteiger partial charge in [-0.3, -0.25) is 4.79 Å². The molecule has 0 atom stereocenters. The van der Waals surface area contributed by atoms with E-state index in [1.54, 1.807) is 30.5 Å². The Morgan fingerprint density at radius 3 is 2.57 bits per heavy atom. The zero-order valence-electron chi connectivity index (χ0n) is 16.9. The topological polar surface area (TPSA) is 67.7 Å². The van der Waals surface area contributed by atoms with Gasteiger partial charge in [-0.05, 0) is 54.8 Å². The Bertz CT molecular complexity index is 1190. The molecular weight excluding hydrogens is 443 g/mol. The molecular formula is C22H24Cl2N2O3S. The van der Waals surface area contributed by atoms with E-state index >= 15 is 0 Å². The molecule has 0 aliphatic carbocycles. The summed E-state index contributed by atoms with van der Waals surface area (Å²) in [5.41, 5.74) is 4.12. The third-order valence-electron chi connectivity index (χ3n) is 4.99. The van der Waals surface area contributed by atoms with Gasteiger partial charge in [0.25, 0.3) is 5.91 Å². The number of sulfonamides is 1. The number of benzene rings is 1. The Hall–Kier alpha value is -2.02. The van der Waals surface area contributed by atoms with Gasteiger partial charge in [-0.1, -0.05) is 49.0 Å². The van der Waals surface area contributed by atoms with Crippen molar-refractivity contribution in [1.29, 1.82) is 0 Å². The van der Waals surface area contributed by atoms with Crippen LogP contribution in [0, 0.1) is 6.92 Å². The highest BCUT2D eigenvalue weighted by atomic mass is 35.5. The number of aromatic nitrogens is 1. The fourth-order valence-electron chi connectivity index (χ4n) is 3.36. The van der Waals surface area contributed by atoms with Gasteiger partial charge in [-0.25, -0.2) is 13.1 Å². The van der Waals surface area contributed by atoms with E-state index in [-0.39, 0.29) is 11.3 Å². The molecule has 0 radical (unpaired) electrons. The number of fused-ring (bicyclic) bond motifs is 1. The van der Waals surface area contributed by atoms with Crippen molar-refractivity contribution in [2.24, 2.45) is 0 Å². The van der Waals surface area contributed by atoms with Crippen LogP contribution in [0.15, 0.2) is 42.6 Å². The lowest BCUT2D eigenvalue weighted by Gasteiger charge is -2.10. The number of hydrogen-bond donors (Lipinski definition) is 1. The monoisotopic (exact) mass is 466 g/mol. The van der Waals surface area contributed by atoms with Crippen molar-refractivity contribution >= 4 is 44.6 Å². The Labute approximate surface area is 187 Å². The molecule has 0 saturated heterocycles. The quantitative estimate of drug-likeness (QED) is 0.452. The predicted molar refractivity (Wildman–Crippen MR) is 122 cm³/mol. The Morgan fingerprint density at radius 1 is 1.10 bits per heavy atom. The summed E-state index contributed by atoms with van der Waals surface area (Å²) in [7, 11) is -3.66. The second kappa shape index (κ2) is 9.41. The molecule has 3 rings (SSSR count). The lowest BCUT2D eigenvalue weighted by Crippen LogP contribution is -2.32. The van der Waals surface area contributed by atoms with Gasteiger partial charge in [0.2, 0.25) is 10.0 Å². The maximum Gasteiger partial charge on any atom is 0.266 e. The number of carbonyl (C=O) groups is 1. The molecule has 5 nitrogen and oxygen atoms in total. The zero-order valence-corrected chi connectivity index (χ0v) is 19.2. The first-order chi connectivity index (χ1) is 14.2. The fraction of sp³-hybridized carbons (Fsp3) is 0.318. The van der Waals surface area contributed by atoms with Crippen LogP contribution in [-0.4, -0.2) is 24.5 Å². The summed E-state index contributed by atoms with van der Waals surface area (Å²) in [5.74, 6) is -0.687. The standard InChI is InChI=1S/C22H24Cl2N2O3S/c1-3-4-5-10-30(28,29)25-22(27)17-7-9-19-11-15(2)21(26(19)14-17)12-16-6-8-18(23)13-20(16)24/h6-9,11,13-14H,3-5,10,12H2,1-2H3,(H,25,27). The summed E-state index contributed by atoms with van der Waals surface area (Å²) in [6, 6.07) is 10.8. The van der Waals surface area contributed by atoms with Crippen LogP contribution in [0.3, 0.4) is 0 Å². The van der Waals surface area contributed by atoms with E-state index < -0.39 is 15.9 Å². The number of pyridine rings is 1. The summed E-state index contributed by atoms with van der Waals surface area (Å²) in [6.45, 7) is 3.98. The van der Waals surface area contributed by atoms with Crippen molar-refractivity contribution in [3.8, 4) is 0 Å². The van der Waals surface area contributed by atoms with Crippen LogP contribution in [0.1, 0.15) is 53.4 Å². The first-order valence-corrected chi connectivity index (χ1v) is 12.2. The van der Waals surface area contributed by atoms with E-state index in [9.17, 15) is 13.2 Å². The first kappa shape index (κ1) is 22.7. The number of rotatable bonds is 8. The van der Waals surface area contributed by atoms with Crippen molar-refractivity contribution in [2.75, 3.05) is 5.75 Å². The molecule has 160 valence electrons. The fourth-order valence-corrected chi connectivity index (χ4v) is 4.92. The summed E-state index contributed by atoms with van der Waals surface area (Å²) in [6.07, 6.45) is 4.46. The third-order valence-corrected chi connectivity index (χ3v) is 6.90. The molecule has 0 fully saturated rings. The molecule has 2 heterocycles. The second-order valence-corrected chi connectivity index (χ2v) is 10.0. The van der Waals surface area contributed by atoms with Crippen molar-refractivity contribution in [2.45, 2.75) is 39.5 Å². The number of nitrogens with zero attached hydrogens (tertiary/aromatic N) is 1. The third kappa shape index (κ3) is 5.36. The van der Waals surface area contributed by atoms with Gasteiger partial charge in [0.15, 0.2) is 0 Å². The minimum absolute atomic E-state index is 0.0578. The van der Waals surface area contributed by atoms with Gasteiger partial charge < -0.3 is 4.40 Å². The van der Waals surface area contributed by atoms with Gasteiger partial charge in [-0.15, -0.1) is 0 Å². The van der Waals surface area contributed by atoms with Gasteiger partial charge in [0.1, 0.15) is 0 Å². The molecule has 0 aliphatic rings. The van der Waals surface area contributed by atoms with Crippen molar-refractivity contribution < 1.29 is 13.2 Å². The second-order valence-electron chi connectivity index (χ2n) is 7.36. The minimum Gasteiger partial charge on any atom is -0.319 e. The maximum absolute atomic E-state index is 12.6. The zero-order chi connectivity index (χ0) is 21.9. The lowest BCUT2D eigenvalue weighted by molar-refractivity contribution is 0.0981. The molecule has 0 unspecified atom stereocenters. The van der Waals surface area contributed by atoms with Crippen LogP contribution in [0.5, 0.6) is 0 Å². The van der Waals surface area contributed by atoms with Gasteiger partial charge in [0, 0.05) is 33.9 Å². The lowest BCUT2D eigenvalue weighted by atomic mass is 10.1. The van der Waals surface area contributed by atoms with Crippen LogP contribution in [-0.2, 0) is 16.4 Å². The van der Waals surface area contributed by atoms with Crippen LogP contribution in [0.2, 0.25) is 10.0 Å². The van der Waals surface area contributed by atoms with Crippen molar-refractivity contribution in [1.82, 2.24) is 9.12 Å². The normalized spacial score (nSPS) is 11.7. The molecule has 0 saturated carbocycles. The number of hydrogen-bond acceptors (Lipinski definition) is 3. The molecule has 8 heteroatoms. The van der Waals surface area contributed by atoms with Gasteiger partial charge >= 0.3 is 0 Å². The summed E-state index contributed by atoms with van der Waals surface area (Å²) < 4.78 is 28.4. The molecule has 0 bridgehead atoms. The Kier molecular flexibility index (Phi) is 7.11. The molecule has 1 aromatic carbocycles. The summed E-state index contributed by atoms with van der Waals surface area (Å²) in [5, 5.41) is 1.14. The SMILES string of the molecule is CCCCCS(=O)(=O)NC(=O)c1ccc2cc(C)c(Cc3ccc(Cl)cc3Cl)n2c1. The van der Waals surface area contributed by atoms with Gasteiger partial charge in [0.05, 0.1) is 11.3 Å². The molecule has 0 aliphatic heterocycles. The molecule has 2 aromatic heterocycles. The highest BCUT2D eigenvalue weighted by Gasteiger charge is 2.17. The average Bonchev–Trinajstić information content (AvgIpc) is 2.98. The van der Waals surface area contributed by atoms with Crippen molar-refractivity contribution in [3.05, 3.63) is 75.0 Å². The van der Waals surface area contributed by atoms with E-state index in [2.05, 4.69) is 4.72 Å². The number of amides is 1. The van der Waals surface area contributed by atoms with Crippen molar-refractivity contribution in [3.63, 3.8) is 0 Å². The highest BCUT2D eigenvalue weighted by Crippen LogP contribution is 2.26. The Balaban J connectivity index is 1.88. The smallest absolute Gasteiger partial charge is 0.266 e. The minimum atomic E-state index is -3.66. The molecule has 1 N–H and O–H groups in total. The Morgan fingerprint density at radius 2 is 1.87 bits per heavy atom. The molecule has 3 aromatic rings. The summed E-state index contributed by atoms with van der Waals surface area (Å²) >= 11 is 12.3. The summed E-state index contributed by atoms with van der Waals surface area (Å²) in [4.78, 5) is 12.6. The molecule has 30 heavy (non-hydrogen) atoms. The van der Waals surface area contributed by atoms with Crippen LogP contribution in [0.4, 0.5) is 0 Å². The van der Waals surface area contributed by atoms with E-state index in [0.29, 0.717) is 22.9 Å². The highest BCUT2D eigenvalue weighted by molar-refractivity contribution is 7.90. The van der Waals surface area contributed by atoms with E-state index in [1.807, 2.05) is 30.4 Å². The van der Waals surface area contributed by atoms with E-state index in [4.69, 9.17) is 23.2 Å². The number of carbonyl (C=O) groups excluding carboxylic acids is 1. The first-order valence-electron chi connectivity index (χ1n) is 9.79. The van der Waals surface area contributed by atoms with Gasteiger partial charge in [-0.2, -0.15) is 0 Å². The maximum atomic E-state index is 12.6. The van der Waals surface area contributed by atoms with Crippen LogP contribution < -0.4 is 4.72 Å². The number of halogens is 2. The van der Waals surface area contributed by atoms with E-state index in [1.165, 1.54) is 0 Å². The number of aryl methyl sites for hydroxylation is 1. The van der Waals surface area contributed by atoms with Crippen LogP contribution in [0.25, 0.3) is 5.52 Å². The molecule has 0 spiro atoms. The predicted octanol–water partition coefficient (Wildman–Crippen LogP) is 5.40.